The zero-order chi connectivity index (χ0) is 15.0. The van der Waals surface area contributed by atoms with E-state index in [9.17, 15) is 8.42 Å². The van der Waals surface area contributed by atoms with E-state index in [0.29, 0.717) is 6.42 Å². The lowest BCUT2D eigenvalue weighted by Crippen LogP contribution is -2.03. The van der Waals surface area contributed by atoms with E-state index in [0.717, 1.165) is 16.7 Å². The Morgan fingerprint density at radius 2 is 1.86 bits per heavy atom. The molecule has 0 radical (unpaired) electrons. The van der Waals surface area contributed by atoms with E-state index in [1.807, 2.05) is 37.3 Å². The van der Waals surface area contributed by atoms with Gasteiger partial charge in [-0.2, -0.15) is 8.42 Å². The Kier molecular flexibility index (Phi) is 3.57. The van der Waals surface area contributed by atoms with Crippen LogP contribution in [0.25, 0.3) is 0 Å². The second-order valence-electron chi connectivity index (χ2n) is 5.27. The summed E-state index contributed by atoms with van der Waals surface area (Å²) >= 11 is 0. The first-order chi connectivity index (χ1) is 9.95. The fraction of sp³-hybridized carbons (Fsp3) is 0.250. The van der Waals surface area contributed by atoms with Crippen molar-refractivity contribution in [1.82, 2.24) is 0 Å². The lowest BCUT2D eigenvalue weighted by molar-refractivity contribution is 0.372. The van der Waals surface area contributed by atoms with Gasteiger partial charge >= 0.3 is 0 Å². The average Bonchev–Trinajstić information content (AvgIpc) is 3.20. The maximum Gasteiger partial charge on any atom is 0.294 e. The van der Waals surface area contributed by atoms with Crippen molar-refractivity contribution < 1.29 is 17.7 Å². The van der Waals surface area contributed by atoms with Crippen molar-refractivity contribution >= 4 is 10.1 Å². The molecule has 1 aliphatic rings. The molecule has 1 fully saturated rings. The molecule has 2 atom stereocenters. The van der Waals surface area contributed by atoms with Crippen LogP contribution in [-0.4, -0.2) is 19.1 Å². The first-order valence-corrected chi connectivity index (χ1v) is 8.16. The molecule has 1 aliphatic heterocycles. The zero-order valence-corrected chi connectivity index (χ0v) is 12.4. The van der Waals surface area contributed by atoms with E-state index in [2.05, 4.69) is 0 Å². The average molecular weight is 304 g/mol. The third-order valence-electron chi connectivity index (χ3n) is 3.75. The summed E-state index contributed by atoms with van der Waals surface area (Å²) < 4.78 is 37.2. The molecule has 0 saturated carbocycles. The van der Waals surface area contributed by atoms with Crippen molar-refractivity contribution in [3.63, 3.8) is 0 Å². The van der Waals surface area contributed by atoms with Gasteiger partial charge in [-0.05, 0) is 35.7 Å². The monoisotopic (exact) mass is 304 g/mol. The fourth-order valence-corrected chi connectivity index (χ4v) is 3.01. The predicted molar refractivity (Wildman–Crippen MR) is 78.8 cm³/mol. The minimum absolute atomic E-state index is 0.0581. The minimum atomic E-state index is -4.16. The highest BCUT2D eigenvalue weighted by atomic mass is 32.2. The summed E-state index contributed by atoms with van der Waals surface area (Å²) in [5.41, 5.74) is 3.00. The van der Waals surface area contributed by atoms with E-state index >= 15 is 0 Å². The first kappa shape index (κ1) is 14.3. The Bertz CT molecular complexity index is 753. The van der Waals surface area contributed by atoms with Gasteiger partial charge in [0.05, 0.1) is 11.0 Å². The molecule has 3 rings (SSSR count). The summed E-state index contributed by atoms with van der Waals surface area (Å²) in [4.78, 5) is -0.0694. The van der Waals surface area contributed by atoms with Crippen molar-refractivity contribution in [1.29, 1.82) is 0 Å². The Balaban J connectivity index is 1.78. The van der Waals surface area contributed by atoms with Crippen LogP contribution in [0.1, 0.15) is 22.8 Å². The number of aryl methyl sites for hydroxylation is 1. The second kappa shape index (κ2) is 5.26. The van der Waals surface area contributed by atoms with Gasteiger partial charge in [-0.3, -0.25) is 4.55 Å². The van der Waals surface area contributed by atoms with Crippen LogP contribution >= 0.6 is 0 Å². The van der Waals surface area contributed by atoms with Gasteiger partial charge in [0.15, 0.2) is 0 Å². The summed E-state index contributed by atoms with van der Waals surface area (Å²) in [6, 6.07) is 14.6. The Morgan fingerprint density at radius 1 is 1.14 bits per heavy atom. The smallest absolute Gasteiger partial charge is 0.294 e. The summed E-state index contributed by atoms with van der Waals surface area (Å²) in [6.07, 6.45) is 0.761. The van der Waals surface area contributed by atoms with E-state index in [1.54, 1.807) is 6.07 Å². The Labute approximate surface area is 124 Å². The molecule has 0 spiro atoms. The van der Waals surface area contributed by atoms with Gasteiger partial charge in [0.2, 0.25) is 0 Å². The van der Waals surface area contributed by atoms with Gasteiger partial charge in [0, 0.05) is 6.42 Å². The topological polar surface area (TPSA) is 66.9 Å². The molecule has 0 bridgehead atoms. The molecule has 110 valence electrons. The van der Waals surface area contributed by atoms with Crippen molar-refractivity contribution in [2.45, 2.75) is 30.4 Å². The molecule has 1 N–H and O–H groups in total. The number of benzene rings is 2. The molecule has 0 aromatic heterocycles. The molecule has 1 saturated heterocycles. The van der Waals surface area contributed by atoms with Crippen LogP contribution in [0.5, 0.6) is 0 Å². The molecular weight excluding hydrogens is 288 g/mol. The van der Waals surface area contributed by atoms with Crippen LogP contribution in [0.2, 0.25) is 0 Å². The van der Waals surface area contributed by atoms with Crippen LogP contribution in [0.15, 0.2) is 53.4 Å². The van der Waals surface area contributed by atoms with Crippen LogP contribution in [0.4, 0.5) is 0 Å². The standard InChI is InChI=1S/C16H16O4S/c1-11-7-8-14(21(17,18)19)9-13(11)10-15-16(20-15)12-5-3-2-4-6-12/h2-9,15-16H,10H2,1H3,(H,17,18,19)/t15-,16-/m0/s1. The normalized spacial score (nSPS) is 21.2. The lowest BCUT2D eigenvalue weighted by atomic mass is 10.0. The lowest BCUT2D eigenvalue weighted by Gasteiger charge is -2.06. The summed E-state index contributed by atoms with van der Waals surface area (Å²) in [7, 11) is -4.16. The van der Waals surface area contributed by atoms with Gasteiger partial charge in [0.1, 0.15) is 6.10 Å². The molecule has 2 aromatic rings. The third kappa shape index (κ3) is 3.15. The van der Waals surface area contributed by atoms with Crippen molar-refractivity contribution in [2.24, 2.45) is 0 Å². The molecule has 4 nitrogen and oxygen atoms in total. The number of epoxide rings is 1. The van der Waals surface area contributed by atoms with Crippen LogP contribution in [-0.2, 0) is 21.3 Å². The molecule has 21 heavy (non-hydrogen) atoms. The first-order valence-electron chi connectivity index (χ1n) is 6.72. The molecular formula is C16H16O4S. The number of hydrogen-bond acceptors (Lipinski definition) is 3. The van der Waals surface area contributed by atoms with Gasteiger partial charge in [-0.25, -0.2) is 0 Å². The highest BCUT2D eigenvalue weighted by Gasteiger charge is 2.40. The summed E-state index contributed by atoms with van der Waals surface area (Å²) in [5, 5.41) is 0. The number of rotatable bonds is 4. The van der Waals surface area contributed by atoms with Crippen molar-refractivity contribution in [3.8, 4) is 0 Å². The highest BCUT2D eigenvalue weighted by molar-refractivity contribution is 7.85. The van der Waals surface area contributed by atoms with E-state index < -0.39 is 10.1 Å². The van der Waals surface area contributed by atoms with Gasteiger partial charge < -0.3 is 4.74 Å². The molecule has 2 aromatic carbocycles. The van der Waals surface area contributed by atoms with Gasteiger partial charge in [-0.15, -0.1) is 0 Å². The highest BCUT2D eigenvalue weighted by Crippen LogP contribution is 2.41. The maximum absolute atomic E-state index is 11.2. The van der Waals surface area contributed by atoms with Crippen LogP contribution < -0.4 is 0 Å². The maximum atomic E-state index is 11.2. The largest absolute Gasteiger partial charge is 0.364 e. The van der Waals surface area contributed by atoms with Crippen molar-refractivity contribution in [2.75, 3.05) is 0 Å². The van der Waals surface area contributed by atoms with Crippen molar-refractivity contribution in [3.05, 3.63) is 65.2 Å². The SMILES string of the molecule is Cc1ccc(S(=O)(=O)O)cc1C[C@@H]1O[C@H]1c1ccccc1. The summed E-state index contributed by atoms with van der Waals surface area (Å²) in [6.45, 7) is 1.92. The summed E-state index contributed by atoms with van der Waals surface area (Å²) in [5.74, 6) is 0. The second-order valence-corrected chi connectivity index (χ2v) is 6.69. The molecule has 1 heterocycles. The van der Waals surface area contributed by atoms with Gasteiger partial charge in [-0.1, -0.05) is 36.4 Å². The van der Waals surface area contributed by atoms with E-state index in [4.69, 9.17) is 9.29 Å². The third-order valence-corrected chi connectivity index (χ3v) is 4.60. The predicted octanol–water partition coefficient (Wildman–Crippen LogP) is 2.92. The fourth-order valence-electron chi connectivity index (χ4n) is 2.48. The molecule has 5 heteroatoms. The van der Waals surface area contributed by atoms with Crippen LogP contribution in [0.3, 0.4) is 0 Å². The quantitative estimate of drug-likeness (QED) is 0.696. The number of ether oxygens (including phenoxy) is 1. The van der Waals surface area contributed by atoms with Gasteiger partial charge in [0.25, 0.3) is 10.1 Å². The van der Waals surface area contributed by atoms with E-state index in [1.165, 1.54) is 12.1 Å². The Morgan fingerprint density at radius 3 is 2.52 bits per heavy atom. The molecule has 0 unspecified atom stereocenters. The Hall–Kier alpha value is -1.69. The van der Waals surface area contributed by atoms with Crippen LogP contribution in [0, 0.1) is 6.92 Å². The van der Waals surface area contributed by atoms with E-state index in [-0.39, 0.29) is 17.1 Å². The zero-order valence-electron chi connectivity index (χ0n) is 11.6. The molecule has 0 amide bonds. The molecule has 0 aliphatic carbocycles. The minimum Gasteiger partial charge on any atom is -0.364 e. The number of hydrogen-bond donors (Lipinski definition) is 1.